The number of fused-ring (bicyclic) bond motifs is 27. The smallest absolute Gasteiger partial charge is 0.503 e. The maximum atomic E-state index is 6.55. The minimum atomic E-state index is -0.105. The van der Waals surface area contributed by atoms with Gasteiger partial charge in [-0.3, -0.25) is 15.0 Å². The molecule has 21 heteroatoms. The summed E-state index contributed by atoms with van der Waals surface area (Å²) < 4.78 is 32.2. The van der Waals surface area contributed by atoms with Gasteiger partial charge < -0.3 is 41.1 Å². The largest absolute Gasteiger partial charge is 2.00 e. The Morgan fingerprint density at radius 3 is 0.958 bits per heavy atom. The molecule has 0 aliphatic carbocycles. The zero-order valence-electron chi connectivity index (χ0n) is 78.9. The molecule has 0 atom stereocenters. The monoisotopic (exact) mass is 2390 g/mol. The molecule has 0 aliphatic heterocycles. The molecule has 12 aromatic carbocycles. The Labute approximate surface area is 865 Å². The Hall–Kier alpha value is -16.0. The van der Waals surface area contributed by atoms with E-state index >= 15 is 0 Å². The van der Waals surface area contributed by atoms with Crippen molar-refractivity contribution in [2.24, 2.45) is 0 Å². The van der Waals surface area contributed by atoms with E-state index in [1.54, 1.807) is 6.20 Å². The van der Waals surface area contributed by atoms with Crippen molar-refractivity contribution in [2.75, 3.05) is 0 Å². The molecule has 0 saturated heterocycles. The van der Waals surface area contributed by atoms with Gasteiger partial charge in [0.05, 0.1) is 34.0 Å². The van der Waals surface area contributed by atoms with E-state index < -0.39 is 0 Å². The molecule has 0 radical (unpaired) electrons. The minimum absolute atomic E-state index is 0. The van der Waals surface area contributed by atoms with Gasteiger partial charge in [0, 0.05) is 129 Å². The second kappa shape index (κ2) is 36.9. The number of hydrogen-bond acceptors (Lipinski definition) is 12. The molecule has 0 bridgehead atoms. The third-order valence-electron chi connectivity index (χ3n) is 26.6. The van der Waals surface area contributed by atoms with Crippen LogP contribution in [-0.2, 0) is 74.0 Å². The van der Waals surface area contributed by atoms with Crippen LogP contribution < -0.4 is 14.2 Å². The average Bonchev–Trinajstić information content (AvgIpc) is 1.65. The number of ether oxygens (including phenoxy) is 3. The quantitative estimate of drug-likeness (QED) is 0.0838. The van der Waals surface area contributed by atoms with E-state index in [0.29, 0.717) is 34.5 Å². The molecule has 0 amide bonds. The first-order chi connectivity index (χ1) is 68.4. The van der Waals surface area contributed by atoms with Crippen LogP contribution in [0.4, 0.5) is 0 Å². The molecule has 696 valence electrons. The predicted octanol–water partition coefficient (Wildman–Crippen LogP) is 29.3. The van der Waals surface area contributed by atoms with Crippen LogP contribution in [0.5, 0.6) is 34.5 Å². The van der Waals surface area contributed by atoms with Gasteiger partial charge in [-0.25, -0.2) is 29.9 Å². The molecule has 15 aromatic heterocycles. The van der Waals surface area contributed by atoms with E-state index in [-0.39, 0.29) is 74.0 Å². The maximum Gasteiger partial charge on any atom is 2.00 e. The molecular weight excluding hydrogens is 2310 g/mol. The number of nitrogens with zero attached hydrogens (tertiary/aromatic N) is 15. The summed E-state index contributed by atoms with van der Waals surface area (Å²) in [7, 11) is 0. The topological polar surface area (TPSA) is 172 Å². The fourth-order valence-electron chi connectivity index (χ4n) is 19.8. The molecule has 27 rings (SSSR count). The zero-order valence-corrected chi connectivity index (χ0v) is 85.7. The van der Waals surface area contributed by atoms with Crippen molar-refractivity contribution in [1.29, 1.82) is 0 Å². The average molecular weight is 2390 g/mol. The van der Waals surface area contributed by atoms with Crippen LogP contribution in [0.25, 0.3) is 199 Å². The number of pyridine rings is 9. The fraction of sp³-hybridized carbons (Fsp3) is 0.0902. The van der Waals surface area contributed by atoms with Gasteiger partial charge in [-0.2, -0.15) is 18.2 Å². The summed E-state index contributed by atoms with van der Waals surface area (Å²) >= 11 is 0. The van der Waals surface area contributed by atoms with Crippen LogP contribution in [0, 0.1) is 57.2 Å². The van der Waals surface area contributed by atoms with Gasteiger partial charge >= 0.3 is 63.2 Å². The summed E-state index contributed by atoms with van der Waals surface area (Å²) in [6.07, 6.45) is 17.2. The number of para-hydroxylation sites is 3. The van der Waals surface area contributed by atoms with Crippen molar-refractivity contribution in [3.05, 3.63) is 417 Å². The molecule has 0 saturated carbocycles. The first kappa shape index (κ1) is 92.1. The van der Waals surface area contributed by atoms with Gasteiger partial charge in [0.15, 0.2) is 0 Å². The molecule has 0 unspecified atom stereocenters. The Morgan fingerprint density at radius 2 is 0.573 bits per heavy atom. The normalized spacial score (nSPS) is 11.8. The fourth-order valence-corrected chi connectivity index (χ4v) is 19.8. The molecule has 15 heterocycles. The second-order valence-electron chi connectivity index (χ2n) is 37.4. The summed E-state index contributed by atoms with van der Waals surface area (Å²) in [5, 5.41) is 15.4. The van der Waals surface area contributed by atoms with Crippen LogP contribution >= 0.6 is 0 Å². The SMILES string of the molecule is Cc1ccccc1-c1cn2c(n1)c1[c-]c(Oc3[c-]c4c(cc3)c3ccccc3n4-c3cc(C(C)(C)C)ccn3)ccc1c1cccnc12.Cc1ccccc1-c1cn2c(n1)c1[c-]c(Oc3[c-]c4c(cc3)c3ccccc3n4-c3ccccn3)ccc1c1cccnc12.Cc1ccccc1-c1cn2c(n1)c1[c-]c(Oc3[c-]c4c(cc3)c3ccccc3n4-c3ncccc3C(C)(C)C)ccc1c1cccnc12.[Pt+2].[Pt+2].[Pt+2]. The van der Waals surface area contributed by atoms with E-state index in [2.05, 4.69) is 325 Å². The number of hydrogen-bond donors (Lipinski definition) is 0. The van der Waals surface area contributed by atoms with Crippen molar-refractivity contribution < 1.29 is 77.4 Å². The molecule has 0 fully saturated rings. The second-order valence-corrected chi connectivity index (χ2v) is 37.4. The summed E-state index contributed by atoms with van der Waals surface area (Å²) in [5.41, 5.74) is 22.5. The maximum absolute atomic E-state index is 6.55. The number of imidazole rings is 3. The van der Waals surface area contributed by atoms with Crippen LogP contribution in [0.2, 0.25) is 0 Å². The van der Waals surface area contributed by atoms with E-state index in [0.717, 1.165) is 205 Å². The first-order valence-electron chi connectivity index (χ1n) is 46.7. The number of aryl methyl sites for hydroxylation is 3. The Kier molecular flexibility index (Phi) is 23.8. The Balaban J connectivity index is 0.000000122. The standard InChI is InChI=1S/2C42H31N5O.C38H23N5O.3Pt/c1-26-11-5-6-12-29(26)36-25-46-39-33(14-9-21-43-39)30-19-17-27(23-34(30)40(46)45-36)48-28-18-20-32-31-13-7-8-16-37(31)47(38(32)24-28)41-35(42(2,3)4)15-10-22-44-41;1-26-10-5-6-11-30(26)36-25-46-40-34(13-9-20-44-40)31-17-15-28(23-35(31)41(46)45-36)48-29-16-18-33-32-12-7-8-14-37(32)47(38(33)24-29)39-22-27(19-21-43-39)42(2,3)4;1-24-9-2-3-10-27(24)33-23-42-37-31(12-8-20-40-37)28-17-15-25(21-32(28)38(42)41-33)44-26-16-18-30-29-11-4-5-13-34(29)43(35(30)22-26)36-14-6-7-19-39-36;;;/h2*5-22,25H,1-4H3;2-20,23H,1H3;;;/q3*-2;3*+2. The van der Waals surface area contributed by atoms with E-state index in [9.17, 15) is 0 Å². The van der Waals surface area contributed by atoms with Crippen molar-refractivity contribution >= 4 is 148 Å². The van der Waals surface area contributed by atoms with Crippen molar-refractivity contribution in [3.63, 3.8) is 0 Å². The predicted molar refractivity (Wildman–Crippen MR) is 561 cm³/mol. The van der Waals surface area contributed by atoms with Crippen LogP contribution in [0.1, 0.15) is 69.4 Å². The van der Waals surface area contributed by atoms with Gasteiger partial charge in [0.2, 0.25) is 0 Å². The van der Waals surface area contributed by atoms with Gasteiger partial charge in [0.25, 0.3) is 0 Å². The molecular formula is C122H85N15O3Pt3. The summed E-state index contributed by atoms with van der Waals surface area (Å²) in [6, 6.07) is 122. The molecule has 18 nitrogen and oxygen atoms in total. The molecule has 0 spiro atoms. The van der Waals surface area contributed by atoms with Crippen LogP contribution in [0.3, 0.4) is 0 Å². The van der Waals surface area contributed by atoms with Crippen molar-refractivity contribution in [1.82, 2.24) is 71.8 Å². The third kappa shape index (κ3) is 16.2. The van der Waals surface area contributed by atoms with Crippen molar-refractivity contribution in [3.8, 4) is 85.7 Å². The zero-order chi connectivity index (χ0) is 94.3. The summed E-state index contributed by atoms with van der Waals surface area (Å²) in [5.74, 6) is 6.11. The molecule has 143 heavy (non-hydrogen) atoms. The third-order valence-corrected chi connectivity index (χ3v) is 26.6. The van der Waals surface area contributed by atoms with E-state index in [4.69, 9.17) is 54.1 Å². The Bertz CT molecular complexity index is 9750. The summed E-state index contributed by atoms with van der Waals surface area (Å²) in [4.78, 5) is 43.9. The van der Waals surface area contributed by atoms with E-state index in [1.165, 1.54) is 22.3 Å². The summed E-state index contributed by atoms with van der Waals surface area (Å²) in [6.45, 7) is 19.6. The van der Waals surface area contributed by atoms with E-state index in [1.807, 2.05) is 152 Å². The molecule has 0 N–H and O–H groups in total. The van der Waals surface area contributed by atoms with Gasteiger partial charge in [0.1, 0.15) is 34.4 Å². The number of benzene rings is 12. The Morgan fingerprint density at radius 1 is 0.252 bits per heavy atom. The van der Waals surface area contributed by atoms with Crippen LogP contribution in [-0.4, -0.2) is 71.8 Å². The van der Waals surface area contributed by atoms with Gasteiger partial charge in [-0.15, -0.1) is 89.0 Å². The first-order valence-corrected chi connectivity index (χ1v) is 46.7. The molecule has 27 aromatic rings. The minimum Gasteiger partial charge on any atom is -0.503 e. The van der Waals surface area contributed by atoms with Crippen molar-refractivity contribution in [2.45, 2.75) is 73.1 Å². The van der Waals surface area contributed by atoms with Gasteiger partial charge in [-0.1, -0.05) is 266 Å². The molecule has 0 aliphatic rings. The van der Waals surface area contributed by atoms with Crippen LogP contribution in [0.15, 0.2) is 353 Å². The van der Waals surface area contributed by atoms with Gasteiger partial charge in [-0.05, 0) is 153 Å². The number of rotatable bonds is 12. The number of aromatic nitrogens is 15.